The standard InChI is InChI=1S/C16H15N5O3/c1-10-4-2-3-5-11(10)8-14-18-13(20-24-14)9-21-15(22)7-6-12(19-21)16(17)23/h2-7H,8-9H2,1H3,(H2,17,23). The highest BCUT2D eigenvalue weighted by molar-refractivity contribution is 5.90. The van der Waals surface area contributed by atoms with Crippen molar-refractivity contribution in [2.24, 2.45) is 5.73 Å². The molecule has 1 aromatic carbocycles. The molecule has 0 saturated heterocycles. The van der Waals surface area contributed by atoms with Crippen molar-refractivity contribution in [3.63, 3.8) is 0 Å². The van der Waals surface area contributed by atoms with Gasteiger partial charge in [0.25, 0.3) is 11.5 Å². The molecule has 3 aromatic rings. The van der Waals surface area contributed by atoms with Crippen molar-refractivity contribution in [2.75, 3.05) is 0 Å². The maximum Gasteiger partial charge on any atom is 0.269 e. The Morgan fingerprint density at radius 3 is 2.79 bits per heavy atom. The molecule has 0 unspecified atom stereocenters. The van der Waals surface area contributed by atoms with Crippen LogP contribution in [-0.2, 0) is 13.0 Å². The smallest absolute Gasteiger partial charge is 0.269 e. The van der Waals surface area contributed by atoms with Crippen LogP contribution in [-0.4, -0.2) is 25.8 Å². The molecule has 0 bridgehead atoms. The lowest BCUT2D eigenvalue weighted by atomic mass is 10.1. The monoisotopic (exact) mass is 325 g/mol. The zero-order valence-electron chi connectivity index (χ0n) is 13.0. The van der Waals surface area contributed by atoms with Gasteiger partial charge in [-0.3, -0.25) is 9.59 Å². The second-order valence-corrected chi connectivity index (χ2v) is 5.29. The van der Waals surface area contributed by atoms with Crippen molar-refractivity contribution in [3.8, 4) is 0 Å². The second-order valence-electron chi connectivity index (χ2n) is 5.29. The Morgan fingerprint density at radius 2 is 2.04 bits per heavy atom. The molecule has 0 atom stereocenters. The summed E-state index contributed by atoms with van der Waals surface area (Å²) in [5.41, 5.74) is 6.99. The van der Waals surface area contributed by atoms with Gasteiger partial charge in [0.2, 0.25) is 5.89 Å². The van der Waals surface area contributed by atoms with Gasteiger partial charge in [0.1, 0.15) is 12.2 Å². The third-order valence-electron chi connectivity index (χ3n) is 3.52. The molecular weight excluding hydrogens is 310 g/mol. The molecule has 8 heteroatoms. The molecule has 0 fully saturated rings. The summed E-state index contributed by atoms with van der Waals surface area (Å²) in [5.74, 6) is 0.0327. The number of hydrogen-bond acceptors (Lipinski definition) is 6. The van der Waals surface area contributed by atoms with E-state index in [4.69, 9.17) is 10.3 Å². The second kappa shape index (κ2) is 6.45. The first kappa shape index (κ1) is 15.6. The van der Waals surface area contributed by atoms with Gasteiger partial charge in [-0.05, 0) is 24.1 Å². The van der Waals surface area contributed by atoms with Crippen LogP contribution < -0.4 is 11.3 Å². The molecule has 3 rings (SSSR count). The van der Waals surface area contributed by atoms with E-state index in [0.29, 0.717) is 18.1 Å². The fraction of sp³-hybridized carbons (Fsp3) is 0.188. The summed E-state index contributed by atoms with van der Waals surface area (Å²) in [4.78, 5) is 27.2. The molecule has 0 radical (unpaired) electrons. The predicted molar refractivity (Wildman–Crippen MR) is 84.4 cm³/mol. The molecule has 0 spiro atoms. The summed E-state index contributed by atoms with van der Waals surface area (Å²) in [7, 11) is 0. The number of carbonyl (C=O) groups excluding carboxylic acids is 1. The van der Waals surface area contributed by atoms with Gasteiger partial charge in [-0.2, -0.15) is 10.1 Å². The average molecular weight is 325 g/mol. The third-order valence-corrected chi connectivity index (χ3v) is 3.52. The van der Waals surface area contributed by atoms with Crippen molar-refractivity contribution in [3.05, 3.63) is 75.3 Å². The van der Waals surface area contributed by atoms with E-state index in [-0.39, 0.29) is 17.8 Å². The maximum atomic E-state index is 11.8. The van der Waals surface area contributed by atoms with Crippen LogP contribution in [0, 0.1) is 6.92 Å². The van der Waals surface area contributed by atoms with Gasteiger partial charge < -0.3 is 10.3 Å². The summed E-state index contributed by atoms with van der Waals surface area (Å²) in [6, 6.07) is 10.4. The average Bonchev–Trinajstić information content (AvgIpc) is 2.99. The topological polar surface area (TPSA) is 117 Å². The zero-order chi connectivity index (χ0) is 17.1. The van der Waals surface area contributed by atoms with E-state index in [9.17, 15) is 9.59 Å². The molecule has 0 aliphatic heterocycles. The highest BCUT2D eigenvalue weighted by Crippen LogP contribution is 2.12. The van der Waals surface area contributed by atoms with Gasteiger partial charge in [0.15, 0.2) is 5.82 Å². The summed E-state index contributed by atoms with van der Waals surface area (Å²) in [6.45, 7) is 2.00. The number of aromatic nitrogens is 4. The van der Waals surface area contributed by atoms with E-state index in [0.717, 1.165) is 15.8 Å². The first-order chi connectivity index (χ1) is 11.5. The Morgan fingerprint density at radius 1 is 1.25 bits per heavy atom. The van der Waals surface area contributed by atoms with Gasteiger partial charge in [-0.15, -0.1) is 0 Å². The number of carbonyl (C=O) groups is 1. The van der Waals surface area contributed by atoms with Crippen LogP contribution in [0.3, 0.4) is 0 Å². The Bertz CT molecular complexity index is 945. The highest BCUT2D eigenvalue weighted by Gasteiger charge is 2.12. The molecule has 2 aromatic heterocycles. The Labute approximate surface area is 136 Å². The molecule has 1 amide bonds. The summed E-state index contributed by atoms with van der Waals surface area (Å²) >= 11 is 0. The molecule has 0 aliphatic carbocycles. The minimum atomic E-state index is -0.711. The Balaban J connectivity index is 1.80. The van der Waals surface area contributed by atoms with E-state index in [1.165, 1.54) is 12.1 Å². The summed E-state index contributed by atoms with van der Waals surface area (Å²) < 4.78 is 6.29. The lowest BCUT2D eigenvalue weighted by Crippen LogP contribution is -2.27. The largest absolute Gasteiger partial charge is 0.364 e. The van der Waals surface area contributed by atoms with E-state index in [1.54, 1.807) is 0 Å². The number of nitrogens with zero attached hydrogens (tertiary/aromatic N) is 4. The van der Waals surface area contributed by atoms with Gasteiger partial charge in [0.05, 0.1) is 6.42 Å². The Hall–Kier alpha value is -3.29. The van der Waals surface area contributed by atoms with E-state index in [2.05, 4.69) is 15.2 Å². The van der Waals surface area contributed by atoms with Crippen LogP contribution in [0.4, 0.5) is 0 Å². The van der Waals surface area contributed by atoms with Crippen molar-refractivity contribution < 1.29 is 9.32 Å². The normalized spacial score (nSPS) is 10.7. The van der Waals surface area contributed by atoms with E-state index in [1.807, 2.05) is 31.2 Å². The fourth-order valence-electron chi connectivity index (χ4n) is 2.23. The molecule has 24 heavy (non-hydrogen) atoms. The molecule has 0 aliphatic rings. The number of aryl methyl sites for hydroxylation is 1. The number of primary amides is 1. The Kier molecular flexibility index (Phi) is 4.19. The fourth-order valence-corrected chi connectivity index (χ4v) is 2.23. The quantitative estimate of drug-likeness (QED) is 0.737. The zero-order valence-corrected chi connectivity index (χ0v) is 13.0. The van der Waals surface area contributed by atoms with Crippen molar-refractivity contribution in [2.45, 2.75) is 19.9 Å². The third kappa shape index (κ3) is 3.37. The lowest BCUT2D eigenvalue weighted by Gasteiger charge is -2.02. The molecule has 122 valence electrons. The van der Waals surface area contributed by atoms with Crippen molar-refractivity contribution in [1.82, 2.24) is 19.9 Å². The van der Waals surface area contributed by atoms with E-state index >= 15 is 0 Å². The number of hydrogen-bond donors (Lipinski definition) is 1. The van der Waals surface area contributed by atoms with Gasteiger partial charge in [-0.25, -0.2) is 4.68 Å². The number of rotatable bonds is 5. The van der Waals surface area contributed by atoms with Gasteiger partial charge in [0, 0.05) is 6.07 Å². The number of nitrogens with two attached hydrogens (primary N) is 1. The molecule has 2 N–H and O–H groups in total. The molecule has 2 heterocycles. The lowest BCUT2D eigenvalue weighted by molar-refractivity contribution is 0.0993. The maximum absolute atomic E-state index is 11.8. The van der Waals surface area contributed by atoms with Crippen molar-refractivity contribution in [1.29, 1.82) is 0 Å². The van der Waals surface area contributed by atoms with E-state index < -0.39 is 5.91 Å². The molecule has 8 nitrogen and oxygen atoms in total. The number of amides is 1. The minimum absolute atomic E-state index is 0.00164. The highest BCUT2D eigenvalue weighted by atomic mass is 16.5. The SMILES string of the molecule is Cc1ccccc1Cc1nc(Cn2nc(C(N)=O)ccc2=O)no1. The van der Waals surface area contributed by atoms with Crippen LogP contribution in [0.25, 0.3) is 0 Å². The summed E-state index contributed by atoms with van der Waals surface area (Å²) in [6.07, 6.45) is 0.503. The van der Waals surface area contributed by atoms with Crippen LogP contribution in [0.2, 0.25) is 0 Å². The van der Waals surface area contributed by atoms with Gasteiger partial charge in [-0.1, -0.05) is 29.4 Å². The molecule has 0 saturated carbocycles. The first-order valence-corrected chi connectivity index (χ1v) is 7.27. The first-order valence-electron chi connectivity index (χ1n) is 7.27. The van der Waals surface area contributed by atoms with Crippen LogP contribution >= 0.6 is 0 Å². The number of benzene rings is 1. The van der Waals surface area contributed by atoms with Crippen LogP contribution in [0.15, 0.2) is 45.7 Å². The predicted octanol–water partition coefficient (Wildman–Crippen LogP) is 0.673. The van der Waals surface area contributed by atoms with Crippen LogP contribution in [0.5, 0.6) is 0 Å². The summed E-state index contributed by atoms with van der Waals surface area (Å²) in [5, 5.41) is 7.73. The minimum Gasteiger partial charge on any atom is -0.364 e. The molecular formula is C16H15N5O3. The van der Waals surface area contributed by atoms with Crippen molar-refractivity contribution >= 4 is 5.91 Å². The van der Waals surface area contributed by atoms with Crippen LogP contribution in [0.1, 0.15) is 33.3 Å². The van der Waals surface area contributed by atoms with Gasteiger partial charge >= 0.3 is 0 Å².